The van der Waals surface area contributed by atoms with Gasteiger partial charge in [0.1, 0.15) is 0 Å². The third-order valence-corrected chi connectivity index (χ3v) is 4.15. The van der Waals surface area contributed by atoms with Crippen molar-refractivity contribution >= 4 is 40.8 Å². The largest absolute Gasteiger partial charge is 0.454 e. The number of ketones is 1. The summed E-state index contributed by atoms with van der Waals surface area (Å²) in [5.74, 6) is -1.19. The molecule has 6 nitrogen and oxygen atoms in total. The Bertz CT molecular complexity index is 792. The molecular weight excluding hydrogens is 354 g/mol. The smallest absolute Gasteiger partial charge is 0.338 e. The van der Waals surface area contributed by atoms with Crippen molar-refractivity contribution in [1.29, 1.82) is 0 Å². The van der Waals surface area contributed by atoms with Gasteiger partial charge in [-0.15, -0.1) is 11.8 Å². The molecule has 0 fully saturated rings. The topological polar surface area (TPSA) is 86.5 Å². The maximum atomic E-state index is 12.0. The van der Waals surface area contributed by atoms with Crippen LogP contribution in [0.25, 0.3) is 0 Å². The lowest BCUT2D eigenvalue weighted by Crippen LogP contribution is -2.14. The van der Waals surface area contributed by atoms with E-state index in [9.17, 15) is 19.7 Å². The van der Waals surface area contributed by atoms with Crippen molar-refractivity contribution in [3.63, 3.8) is 0 Å². The molecule has 2 aromatic rings. The number of thioether (sulfide) groups is 1. The third kappa shape index (κ3) is 4.33. The zero-order chi connectivity index (χ0) is 17.7. The first-order valence-electron chi connectivity index (χ1n) is 6.70. The van der Waals surface area contributed by atoms with E-state index in [1.807, 2.05) is 0 Å². The molecule has 124 valence electrons. The molecule has 0 saturated carbocycles. The second-order valence-corrected chi connectivity index (χ2v) is 5.93. The molecule has 0 radical (unpaired) electrons. The predicted octanol–water partition coefficient (Wildman–Crippen LogP) is 4.01. The minimum Gasteiger partial charge on any atom is -0.454 e. The van der Waals surface area contributed by atoms with E-state index in [-0.39, 0.29) is 11.3 Å². The van der Waals surface area contributed by atoms with Crippen LogP contribution in [0.5, 0.6) is 0 Å². The summed E-state index contributed by atoms with van der Waals surface area (Å²) in [5, 5.41) is 11.5. The Labute approximate surface area is 146 Å². The number of hydrogen-bond donors (Lipinski definition) is 0. The van der Waals surface area contributed by atoms with Crippen molar-refractivity contribution in [2.24, 2.45) is 0 Å². The maximum Gasteiger partial charge on any atom is 0.338 e. The Morgan fingerprint density at radius 1 is 1.17 bits per heavy atom. The van der Waals surface area contributed by atoms with Gasteiger partial charge in [-0.05, 0) is 42.7 Å². The Morgan fingerprint density at radius 3 is 2.38 bits per heavy atom. The van der Waals surface area contributed by atoms with Crippen LogP contribution >= 0.6 is 23.4 Å². The first-order valence-corrected chi connectivity index (χ1v) is 8.31. The van der Waals surface area contributed by atoms with E-state index in [4.69, 9.17) is 16.3 Å². The van der Waals surface area contributed by atoms with Crippen LogP contribution in [0.2, 0.25) is 5.02 Å². The van der Waals surface area contributed by atoms with E-state index < -0.39 is 23.3 Å². The van der Waals surface area contributed by atoms with Crippen molar-refractivity contribution in [1.82, 2.24) is 0 Å². The van der Waals surface area contributed by atoms with Crippen molar-refractivity contribution in [2.75, 3.05) is 12.9 Å². The van der Waals surface area contributed by atoms with Crippen molar-refractivity contribution < 1.29 is 19.2 Å². The van der Waals surface area contributed by atoms with Gasteiger partial charge in [-0.1, -0.05) is 11.6 Å². The first kappa shape index (κ1) is 18.0. The van der Waals surface area contributed by atoms with Crippen LogP contribution in [0.15, 0.2) is 47.4 Å². The van der Waals surface area contributed by atoms with Crippen LogP contribution in [0.1, 0.15) is 20.7 Å². The molecule has 2 rings (SSSR count). The minimum atomic E-state index is -0.798. The molecule has 0 aromatic heterocycles. The van der Waals surface area contributed by atoms with Gasteiger partial charge in [0.15, 0.2) is 12.4 Å². The molecule has 0 unspecified atom stereocenters. The summed E-state index contributed by atoms with van der Waals surface area (Å²) in [4.78, 5) is 34.8. The Balaban J connectivity index is 2.07. The quantitative estimate of drug-likeness (QED) is 0.253. The number of Topliss-reactive ketones (excluding diaryl/α,β-unsaturated/α-hetero) is 1. The van der Waals surface area contributed by atoms with E-state index in [2.05, 4.69) is 0 Å². The number of nitro benzene ring substituents is 1. The number of nitro groups is 1. The first-order chi connectivity index (χ1) is 11.4. The van der Waals surface area contributed by atoms with Crippen LogP contribution < -0.4 is 0 Å². The maximum absolute atomic E-state index is 12.0. The highest BCUT2D eigenvalue weighted by molar-refractivity contribution is 7.98. The number of nitrogens with zero attached hydrogens (tertiary/aromatic N) is 1. The predicted molar refractivity (Wildman–Crippen MR) is 90.9 cm³/mol. The highest BCUT2D eigenvalue weighted by Crippen LogP contribution is 2.28. The number of ether oxygens (including phenoxy) is 1. The molecule has 0 saturated heterocycles. The van der Waals surface area contributed by atoms with Crippen molar-refractivity contribution in [3.05, 3.63) is 68.7 Å². The molecule has 0 amide bonds. The zero-order valence-corrected chi connectivity index (χ0v) is 14.1. The highest BCUT2D eigenvalue weighted by Gasteiger charge is 2.18. The molecule has 0 atom stereocenters. The van der Waals surface area contributed by atoms with Gasteiger partial charge in [0.2, 0.25) is 0 Å². The molecule has 0 aliphatic rings. The van der Waals surface area contributed by atoms with Gasteiger partial charge in [0.25, 0.3) is 5.69 Å². The Kier molecular flexibility index (Phi) is 5.94. The summed E-state index contributed by atoms with van der Waals surface area (Å²) in [7, 11) is 0. The van der Waals surface area contributed by atoms with Gasteiger partial charge < -0.3 is 4.74 Å². The summed E-state index contributed by atoms with van der Waals surface area (Å²) < 4.78 is 4.93. The second kappa shape index (κ2) is 7.94. The monoisotopic (exact) mass is 365 g/mol. The van der Waals surface area contributed by atoms with Crippen LogP contribution in [-0.2, 0) is 4.74 Å². The van der Waals surface area contributed by atoms with E-state index in [1.165, 1.54) is 36.0 Å². The number of halogens is 1. The van der Waals surface area contributed by atoms with Gasteiger partial charge in [-0.3, -0.25) is 14.9 Å². The number of hydrogen-bond acceptors (Lipinski definition) is 6. The third-order valence-electron chi connectivity index (χ3n) is 3.11. The molecule has 0 bridgehead atoms. The van der Waals surface area contributed by atoms with Crippen LogP contribution in [-0.4, -0.2) is 29.5 Å². The fraction of sp³-hybridized carbons (Fsp3) is 0.125. The lowest BCUT2D eigenvalue weighted by atomic mass is 10.1. The molecule has 2 aromatic carbocycles. The molecular formula is C16H12ClNO5S. The molecule has 0 aliphatic heterocycles. The minimum absolute atomic E-state index is 0.0170. The van der Waals surface area contributed by atoms with Gasteiger partial charge in [0.05, 0.1) is 15.4 Å². The second-order valence-electron chi connectivity index (χ2n) is 4.65. The molecule has 8 heteroatoms. The fourth-order valence-corrected chi connectivity index (χ4v) is 2.57. The SMILES string of the molecule is CSc1ccc(C(=O)OCC(=O)c2ccc(Cl)cc2)cc1[N+](=O)[O-]. The Morgan fingerprint density at radius 2 is 1.79 bits per heavy atom. The van der Waals surface area contributed by atoms with Gasteiger partial charge in [-0.25, -0.2) is 4.79 Å². The van der Waals surface area contributed by atoms with Crippen molar-refractivity contribution in [3.8, 4) is 0 Å². The molecule has 0 aliphatic carbocycles. The van der Waals surface area contributed by atoms with Gasteiger partial charge in [-0.2, -0.15) is 0 Å². The summed E-state index contributed by atoms with van der Waals surface area (Å²) in [6.45, 7) is -0.460. The Hall–Kier alpha value is -2.38. The summed E-state index contributed by atoms with van der Waals surface area (Å²) in [6.07, 6.45) is 1.70. The average molecular weight is 366 g/mol. The van der Waals surface area contributed by atoms with Gasteiger partial charge >= 0.3 is 5.97 Å². The number of carbonyl (C=O) groups excluding carboxylic acids is 2. The van der Waals surface area contributed by atoms with Crippen LogP contribution in [0.4, 0.5) is 5.69 Å². The van der Waals surface area contributed by atoms with E-state index in [1.54, 1.807) is 18.4 Å². The summed E-state index contributed by atoms with van der Waals surface area (Å²) in [5.41, 5.74) is 0.195. The molecule has 0 heterocycles. The van der Waals surface area contributed by atoms with Crippen molar-refractivity contribution in [2.45, 2.75) is 4.90 Å². The normalized spacial score (nSPS) is 10.2. The summed E-state index contributed by atoms with van der Waals surface area (Å²) >= 11 is 6.94. The average Bonchev–Trinajstić information content (AvgIpc) is 2.59. The molecule has 0 N–H and O–H groups in total. The standard InChI is InChI=1S/C16H12ClNO5S/c1-24-15-7-4-11(8-13(15)18(21)22)16(20)23-9-14(19)10-2-5-12(17)6-3-10/h2-8H,9H2,1H3. The number of benzene rings is 2. The van der Waals surface area contributed by atoms with Crippen LogP contribution in [0, 0.1) is 10.1 Å². The van der Waals surface area contributed by atoms with E-state index in [0.29, 0.717) is 15.5 Å². The molecule has 0 spiro atoms. The number of carbonyl (C=O) groups is 2. The lowest BCUT2D eigenvalue weighted by Gasteiger charge is -2.06. The lowest BCUT2D eigenvalue weighted by molar-refractivity contribution is -0.387. The van der Waals surface area contributed by atoms with Gasteiger partial charge in [0, 0.05) is 16.7 Å². The highest BCUT2D eigenvalue weighted by atomic mass is 35.5. The number of rotatable bonds is 6. The van der Waals surface area contributed by atoms with Crippen LogP contribution in [0.3, 0.4) is 0 Å². The zero-order valence-electron chi connectivity index (χ0n) is 12.5. The molecule has 24 heavy (non-hydrogen) atoms. The summed E-state index contributed by atoms with van der Waals surface area (Å²) in [6, 6.07) is 10.2. The number of esters is 1. The fourth-order valence-electron chi connectivity index (χ4n) is 1.89. The van der Waals surface area contributed by atoms with E-state index in [0.717, 1.165) is 6.07 Å². The van der Waals surface area contributed by atoms with E-state index >= 15 is 0 Å².